The van der Waals surface area contributed by atoms with Gasteiger partial charge in [-0.05, 0) is 58.4 Å². The van der Waals surface area contributed by atoms with E-state index in [1.165, 1.54) is 25.7 Å². The fourth-order valence-electron chi connectivity index (χ4n) is 3.09. The summed E-state index contributed by atoms with van der Waals surface area (Å²) in [6.07, 6.45) is 5.82. The molecule has 0 aromatic rings. The molecule has 18 heavy (non-hydrogen) atoms. The average Bonchev–Trinajstić information content (AvgIpc) is 2.31. The van der Waals surface area contributed by atoms with Crippen LogP contribution >= 0.6 is 0 Å². The molecule has 1 aliphatic rings. The van der Waals surface area contributed by atoms with E-state index < -0.39 is 5.60 Å². The molecule has 0 amide bonds. The van der Waals surface area contributed by atoms with Crippen LogP contribution in [0.25, 0.3) is 0 Å². The maximum absolute atomic E-state index is 9.90. The minimum absolute atomic E-state index is 0.187. The van der Waals surface area contributed by atoms with Crippen molar-refractivity contribution in [2.75, 3.05) is 19.6 Å². The highest BCUT2D eigenvalue weighted by Gasteiger charge is 2.37. The minimum atomic E-state index is -0.578. The van der Waals surface area contributed by atoms with Crippen molar-refractivity contribution in [1.82, 2.24) is 4.90 Å². The van der Waals surface area contributed by atoms with E-state index in [-0.39, 0.29) is 5.54 Å². The van der Waals surface area contributed by atoms with Gasteiger partial charge in [-0.2, -0.15) is 0 Å². The molecule has 1 fully saturated rings. The Labute approximate surface area is 113 Å². The van der Waals surface area contributed by atoms with Crippen molar-refractivity contribution in [3.05, 3.63) is 0 Å². The molecule has 1 aliphatic carbocycles. The molecule has 3 N–H and O–H groups in total. The lowest BCUT2D eigenvalue weighted by Gasteiger charge is -2.47. The number of nitrogens with two attached hydrogens (primary N) is 1. The van der Waals surface area contributed by atoms with E-state index in [0.29, 0.717) is 0 Å². The Balaban J connectivity index is 2.65. The molecular weight excluding hydrogens is 224 g/mol. The zero-order valence-corrected chi connectivity index (χ0v) is 12.7. The van der Waals surface area contributed by atoms with Crippen LogP contribution in [0.15, 0.2) is 0 Å². The Morgan fingerprint density at radius 2 is 1.89 bits per heavy atom. The third kappa shape index (κ3) is 4.22. The quantitative estimate of drug-likeness (QED) is 0.767. The van der Waals surface area contributed by atoms with Crippen molar-refractivity contribution < 1.29 is 5.11 Å². The SMILES string of the molecule is CCN(CCC(C)(C)O)C1(CN)CCC(C)CC1. The van der Waals surface area contributed by atoms with Crippen molar-refractivity contribution in [2.45, 2.75) is 70.9 Å². The summed E-state index contributed by atoms with van der Waals surface area (Å²) < 4.78 is 0. The molecule has 0 unspecified atom stereocenters. The Bertz CT molecular complexity index is 239. The van der Waals surface area contributed by atoms with Crippen molar-refractivity contribution >= 4 is 0 Å². The molecule has 0 atom stereocenters. The normalized spacial score (nSPS) is 29.8. The Kier molecular flexibility index (Phi) is 5.63. The van der Waals surface area contributed by atoms with Crippen molar-refractivity contribution in [3.63, 3.8) is 0 Å². The van der Waals surface area contributed by atoms with Crippen LogP contribution in [0, 0.1) is 5.92 Å². The largest absolute Gasteiger partial charge is 0.390 e. The summed E-state index contributed by atoms with van der Waals surface area (Å²) in [5, 5.41) is 9.90. The van der Waals surface area contributed by atoms with E-state index >= 15 is 0 Å². The van der Waals surface area contributed by atoms with Gasteiger partial charge in [-0.3, -0.25) is 4.90 Å². The monoisotopic (exact) mass is 256 g/mol. The van der Waals surface area contributed by atoms with Gasteiger partial charge in [0.1, 0.15) is 0 Å². The number of hydrogen-bond donors (Lipinski definition) is 2. The third-order valence-corrected chi connectivity index (χ3v) is 4.63. The first-order valence-electron chi connectivity index (χ1n) is 7.50. The summed E-state index contributed by atoms with van der Waals surface area (Å²) in [4.78, 5) is 2.51. The third-order valence-electron chi connectivity index (χ3n) is 4.63. The molecule has 3 heteroatoms. The first-order chi connectivity index (χ1) is 8.33. The van der Waals surface area contributed by atoms with E-state index in [9.17, 15) is 5.11 Å². The lowest BCUT2D eigenvalue weighted by molar-refractivity contribution is 0.0121. The zero-order chi connectivity index (χ0) is 13.8. The van der Waals surface area contributed by atoms with E-state index in [2.05, 4.69) is 18.7 Å². The van der Waals surface area contributed by atoms with Gasteiger partial charge in [-0.25, -0.2) is 0 Å². The minimum Gasteiger partial charge on any atom is -0.390 e. The van der Waals surface area contributed by atoms with Crippen molar-refractivity contribution in [3.8, 4) is 0 Å². The molecular formula is C15H32N2O. The first kappa shape index (κ1) is 15.9. The molecule has 0 saturated heterocycles. The molecule has 0 radical (unpaired) electrons. The fourth-order valence-corrected chi connectivity index (χ4v) is 3.09. The second-order valence-electron chi connectivity index (χ2n) is 6.75. The van der Waals surface area contributed by atoms with Gasteiger partial charge >= 0.3 is 0 Å². The van der Waals surface area contributed by atoms with E-state index in [4.69, 9.17) is 5.73 Å². The van der Waals surface area contributed by atoms with Crippen LogP contribution in [0.1, 0.15) is 59.8 Å². The Morgan fingerprint density at radius 3 is 2.28 bits per heavy atom. The summed E-state index contributed by atoms with van der Waals surface area (Å²) in [5.41, 5.74) is 5.70. The van der Waals surface area contributed by atoms with E-state index in [1.54, 1.807) is 0 Å². The molecule has 108 valence electrons. The smallest absolute Gasteiger partial charge is 0.0603 e. The molecule has 0 aromatic carbocycles. The summed E-state index contributed by atoms with van der Waals surface area (Å²) in [6, 6.07) is 0. The molecule has 1 saturated carbocycles. The molecule has 0 aliphatic heterocycles. The number of nitrogens with zero attached hydrogens (tertiary/aromatic N) is 1. The number of likely N-dealkylation sites (N-methyl/N-ethyl adjacent to an activating group) is 1. The molecule has 0 heterocycles. The van der Waals surface area contributed by atoms with Crippen LogP contribution in [-0.4, -0.2) is 40.8 Å². The van der Waals surface area contributed by atoms with E-state index in [1.807, 2.05) is 13.8 Å². The van der Waals surface area contributed by atoms with Crippen LogP contribution in [0.4, 0.5) is 0 Å². The molecule has 0 aromatic heterocycles. The van der Waals surface area contributed by atoms with Crippen LogP contribution in [0.2, 0.25) is 0 Å². The number of aliphatic hydroxyl groups is 1. The Morgan fingerprint density at radius 1 is 1.33 bits per heavy atom. The topological polar surface area (TPSA) is 49.5 Å². The second kappa shape index (κ2) is 6.36. The van der Waals surface area contributed by atoms with Gasteiger partial charge < -0.3 is 10.8 Å². The van der Waals surface area contributed by atoms with Gasteiger partial charge in [0.25, 0.3) is 0 Å². The highest BCUT2D eigenvalue weighted by molar-refractivity contribution is 4.95. The van der Waals surface area contributed by atoms with Gasteiger partial charge in [-0.15, -0.1) is 0 Å². The van der Waals surface area contributed by atoms with Crippen LogP contribution in [0.3, 0.4) is 0 Å². The molecule has 1 rings (SSSR count). The number of hydrogen-bond acceptors (Lipinski definition) is 3. The number of rotatable bonds is 6. The second-order valence-corrected chi connectivity index (χ2v) is 6.75. The van der Waals surface area contributed by atoms with Gasteiger partial charge in [0, 0.05) is 18.6 Å². The fraction of sp³-hybridized carbons (Fsp3) is 1.00. The van der Waals surface area contributed by atoms with Crippen molar-refractivity contribution in [2.24, 2.45) is 11.7 Å². The summed E-state index contributed by atoms with van der Waals surface area (Å²) in [6.45, 7) is 11.1. The van der Waals surface area contributed by atoms with Crippen LogP contribution < -0.4 is 5.73 Å². The maximum Gasteiger partial charge on any atom is 0.0603 e. The lowest BCUT2D eigenvalue weighted by Crippen LogP contribution is -2.56. The van der Waals surface area contributed by atoms with Crippen LogP contribution in [0.5, 0.6) is 0 Å². The zero-order valence-electron chi connectivity index (χ0n) is 12.7. The highest BCUT2D eigenvalue weighted by Crippen LogP contribution is 2.36. The summed E-state index contributed by atoms with van der Waals surface area (Å²) in [5.74, 6) is 0.845. The van der Waals surface area contributed by atoms with Gasteiger partial charge in [0.2, 0.25) is 0 Å². The predicted molar refractivity (Wildman–Crippen MR) is 77.6 cm³/mol. The van der Waals surface area contributed by atoms with Crippen LogP contribution in [-0.2, 0) is 0 Å². The molecule has 0 spiro atoms. The first-order valence-corrected chi connectivity index (χ1v) is 7.50. The molecule has 0 bridgehead atoms. The lowest BCUT2D eigenvalue weighted by atomic mass is 9.75. The Hall–Kier alpha value is -0.120. The maximum atomic E-state index is 9.90. The van der Waals surface area contributed by atoms with Gasteiger partial charge in [0.15, 0.2) is 0 Å². The van der Waals surface area contributed by atoms with Crippen molar-refractivity contribution in [1.29, 1.82) is 0 Å². The van der Waals surface area contributed by atoms with Gasteiger partial charge in [0.05, 0.1) is 5.60 Å². The molecule has 3 nitrogen and oxygen atoms in total. The highest BCUT2D eigenvalue weighted by atomic mass is 16.3. The standard InChI is InChI=1S/C15H32N2O/c1-5-17(11-10-14(3,4)18)15(12-16)8-6-13(2)7-9-15/h13,18H,5-12,16H2,1-4H3. The average molecular weight is 256 g/mol. The van der Waals surface area contributed by atoms with Gasteiger partial charge in [-0.1, -0.05) is 13.8 Å². The van der Waals surface area contributed by atoms with E-state index in [0.717, 1.165) is 32.0 Å². The predicted octanol–water partition coefficient (Wildman–Crippen LogP) is 2.38. The summed E-state index contributed by atoms with van der Waals surface area (Å²) in [7, 11) is 0. The summed E-state index contributed by atoms with van der Waals surface area (Å²) >= 11 is 0.